The summed E-state index contributed by atoms with van der Waals surface area (Å²) in [5.41, 5.74) is 0.606. The Labute approximate surface area is 137 Å². The molecule has 120 valence electrons. The maximum atomic E-state index is 12.8. The Morgan fingerprint density at radius 3 is 2.19 bits per heavy atom. The number of sulfonamides is 1. The van der Waals surface area contributed by atoms with Crippen molar-refractivity contribution in [2.24, 2.45) is 0 Å². The average molecular weight is 353 g/mol. The monoisotopic (exact) mass is 352 g/mol. The van der Waals surface area contributed by atoms with Crippen molar-refractivity contribution in [1.29, 1.82) is 0 Å². The predicted octanol–water partition coefficient (Wildman–Crippen LogP) is 3.52. The lowest BCUT2D eigenvalue weighted by atomic mass is 10.2. The van der Waals surface area contributed by atoms with E-state index in [1.807, 2.05) is 13.8 Å². The molecule has 0 spiro atoms. The van der Waals surface area contributed by atoms with E-state index in [0.717, 1.165) is 12.8 Å². The first-order valence-electron chi connectivity index (χ1n) is 7.01. The van der Waals surface area contributed by atoms with Crippen LogP contribution in [-0.2, 0) is 16.6 Å². The van der Waals surface area contributed by atoms with Crippen molar-refractivity contribution in [2.75, 3.05) is 20.1 Å². The minimum Gasteiger partial charge on any atom is -0.316 e. The molecule has 1 aromatic carbocycles. The number of rotatable bonds is 8. The molecular weight excluding hydrogens is 331 g/mol. The Bertz CT molecular complexity index is 571. The molecular formula is C14H22Cl2N2O2S. The van der Waals surface area contributed by atoms with Gasteiger partial charge in [-0.3, -0.25) is 0 Å². The Morgan fingerprint density at radius 1 is 1.14 bits per heavy atom. The summed E-state index contributed by atoms with van der Waals surface area (Å²) in [6.07, 6.45) is 1.52. The third-order valence-corrected chi connectivity index (χ3v) is 5.91. The first-order chi connectivity index (χ1) is 9.89. The zero-order chi connectivity index (χ0) is 16.0. The molecule has 0 aliphatic heterocycles. The summed E-state index contributed by atoms with van der Waals surface area (Å²) in [5.74, 6) is 0. The molecule has 7 heteroatoms. The Morgan fingerprint density at radius 2 is 1.71 bits per heavy atom. The minimum absolute atomic E-state index is 0.126. The number of halogens is 2. The van der Waals surface area contributed by atoms with Gasteiger partial charge in [0.1, 0.15) is 4.90 Å². The third kappa shape index (κ3) is 4.33. The predicted molar refractivity (Wildman–Crippen MR) is 88.6 cm³/mol. The van der Waals surface area contributed by atoms with E-state index in [-0.39, 0.29) is 9.92 Å². The molecule has 0 aromatic heterocycles. The topological polar surface area (TPSA) is 49.4 Å². The second kappa shape index (κ2) is 8.34. The van der Waals surface area contributed by atoms with Crippen molar-refractivity contribution in [3.05, 3.63) is 27.7 Å². The SMILES string of the molecule is CCCN(CCC)S(=O)(=O)c1ccc(Cl)c(CNC)c1Cl. The van der Waals surface area contributed by atoms with Crippen LogP contribution in [0.1, 0.15) is 32.3 Å². The van der Waals surface area contributed by atoms with Crippen LogP contribution in [0.5, 0.6) is 0 Å². The lowest BCUT2D eigenvalue weighted by molar-refractivity contribution is 0.410. The van der Waals surface area contributed by atoms with E-state index in [9.17, 15) is 8.42 Å². The van der Waals surface area contributed by atoms with Crippen LogP contribution in [0.2, 0.25) is 10.0 Å². The second-order valence-electron chi connectivity index (χ2n) is 4.77. The summed E-state index contributed by atoms with van der Waals surface area (Å²) >= 11 is 12.4. The minimum atomic E-state index is -3.60. The lowest BCUT2D eigenvalue weighted by Crippen LogP contribution is -2.33. The van der Waals surface area contributed by atoms with Crippen LogP contribution in [-0.4, -0.2) is 32.9 Å². The Kier molecular flexibility index (Phi) is 7.44. The van der Waals surface area contributed by atoms with E-state index >= 15 is 0 Å². The van der Waals surface area contributed by atoms with Gasteiger partial charge >= 0.3 is 0 Å². The maximum absolute atomic E-state index is 12.8. The van der Waals surface area contributed by atoms with Gasteiger partial charge in [-0.25, -0.2) is 8.42 Å². The van der Waals surface area contributed by atoms with Crippen molar-refractivity contribution >= 4 is 33.2 Å². The summed E-state index contributed by atoms with van der Waals surface area (Å²) in [6.45, 7) is 5.29. The van der Waals surface area contributed by atoms with Crippen LogP contribution < -0.4 is 5.32 Å². The molecule has 0 saturated heterocycles. The number of nitrogens with zero attached hydrogens (tertiary/aromatic N) is 1. The second-order valence-corrected chi connectivity index (χ2v) is 7.46. The molecule has 1 rings (SSSR count). The van der Waals surface area contributed by atoms with Gasteiger partial charge in [-0.15, -0.1) is 0 Å². The summed E-state index contributed by atoms with van der Waals surface area (Å²) in [6, 6.07) is 3.07. The normalized spacial score (nSPS) is 12.1. The fraction of sp³-hybridized carbons (Fsp3) is 0.571. The molecule has 21 heavy (non-hydrogen) atoms. The lowest BCUT2D eigenvalue weighted by Gasteiger charge is -2.22. The van der Waals surface area contributed by atoms with E-state index in [2.05, 4.69) is 5.32 Å². The van der Waals surface area contributed by atoms with Crippen LogP contribution in [0.25, 0.3) is 0 Å². The number of hydrogen-bond donors (Lipinski definition) is 1. The first-order valence-corrected chi connectivity index (χ1v) is 9.21. The van der Waals surface area contributed by atoms with Gasteiger partial charge in [0.2, 0.25) is 10.0 Å². The van der Waals surface area contributed by atoms with Crippen molar-refractivity contribution in [2.45, 2.75) is 38.1 Å². The van der Waals surface area contributed by atoms with E-state index in [4.69, 9.17) is 23.2 Å². The highest BCUT2D eigenvalue weighted by Gasteiger charge is 2.27. The van der Waals surface area contributed by atoms with Crippen LogP contribution >= 0.6 is 23.2 Å². The van der Waals surface area contributed by atoms with Gasteiger partial charge in [-0.1, -0.05) is 37.0 Å². The van der Waals surface area contributed by atoms with Crippen molar-refractivity contribution in [1.82, 2.24) is 9.62 Å². The molecule has 0 amide bonds. The first kappa shape index (κ1) is 18.7. The van der Waals surface area contributed by atoms with Gasteiger partial charge in [0.25, 0.3) is 0 Å². The van der Waals surface area contributed by atoms with E-state index in [1.165, 1.54) is 10.4 Å². The van der Waals surface area contributed by atoms with Gasteiger partial charge in [0.15, 0.2) is 0 Å². The van der Waals surface area contributed by atoms with Crippen LogP contribution in [0, 0.1) is 0 Å². The molecule has 0 unspecified atom stereocenters. The maximum Gasteiger partial charge on any atom is 0.244 e. The molecule has 0 aliphatic carbocycles. The summed E-state index contributed by atoms with van der Waals surface area (Å²) in [4.78, 5) is 0.126. The molecule has 0 saturated carbocycles. The van der Waals surface area contributed by atoms with Crippen molar-refractivity contribution in [3.8, 4) is 0 Å². The molecule has 1 N–H and O–H groups in total. The van der Waals surface area contributed by atoms with Crippen LogP contribution in [0.4, 0.5) is 0 Å². The molecule has 0 atom stereocenters. The van der Waals surface area contributed by atoms with Gasteiger partial charge in [-0.05, 0) is 32.0 Å². The van der Waals surface area contributed by atoms with Crippen molar-refractivity contribution in [3.63, 3.8) is 0 Å². The molecule has 0 radical (unpaired) electrons. The van der Waals surface area contributed by atoms with Gasteiger partial charge in [0, 0.05) is 30.2 Å². The Balaban J connectivity index is 3.33. The highest BCUT2D eigenvalue weighted by Crippen LogP contribution is 2.32. The number of hydrogen-bond acceptors (Lipinski definition) is 3. The van der Waals surface area contributed by atoms with E-state index in [1.54, 1.807) is 13.1 Å². The molecule has 4 nitrogen and oxygen atoms in total. The molecule has 0 fully saturated rings. The fourth-order valence-corrected chi connectivity index (χ4v) is 4.61. The van der Waals surface area contributed by atoms with E-state index < -0.39 is 10.0 Å². The zero-order valence-corrected chi connectivity index (χ0v) is 14.9. The third-order valence-electron chi connectivity index (χ3n) is 3.07. The largest absolute Gasteiger partial charge is 0.316 e. The van der Waals surface area contributed by atoms with Crippen molar-refractivity contribution < 1.29 is 8.42 Å². The highest BCUT2D eigenvalue weighted by molar-refractivity contribution is 7.89. The van der Waals surface area contributed by atoms with Gasteiger partial charge in [-0.2, -0.15) is 4.31 Å². The fourth-order valence-electron chi connectivity index (χ4n) is 2.10. The molecule has 1 aromatic rings. The average Bonchev–Trinajstić information content (AvgIpc) is 2.43. The number of benzene rings is 1. The zero-order valence-electron chi connectivity index (χ0n) is 12.6. The van der Waals surface area contributed by atoms with Gasteiger partial charge in [0.05, 0.1) is 5.02 Å². The quantitative estimate of drug-likeness (QED) is 0.778. The van der Waals surface area contributed by atoms with Crippen LogP contribution in [0.3, 0.4) is 0 Å². The standard InChI is InChI=1S/C14H22Cl2N2O2S/c1-4-8-18(9-5-2)21(19,20)13-7-6-12(15)11(10-17-3)14(13)16/h6-7,17H,4-5,8-10H2,1-3H3. The van der Waals surface area contributed by atoms with E-state index in [0.29, 0.717) is 30.2 Å². The molecule has 0 aliphatic rings. The Hall–Kier alpha value is -0.330. The smallest absolute Gasteiger partial charge is 0.244 e. The summed E-state index contributed by atoms with van der Waals surface area (Å²) in [5, 5.41) is 3.61. The summed E-state index contributed by atoms with van der Waals surface area (Å²) in [7, 11) is -1.84. The highest BCUT2D eigenvalue weighted by atomic mass is 35.5. The number of nitrogens with one attached hydrogen (secondary N) is 1. The van der Waals surface area contributed by atoms with Crippen LogP contribution in [0.15, 0.2) is 17.0 Å². The summed E-state index contributed by atoms with van der Waals surface area (Å²) < 4.78 is 27.0. The molecule has 0 heterocycles. The molecule has 0 bridgehead atoms. The van der Waals surface area contributed by atoms with Gasteiger partial charge < -0.3 is 5.32 Å².